The molecule has 0 atom stereocenters. The van der Waals surface area contributed by atoms with E-state index in [1.807, 2.05) is 25.1 Å². The van der Waals surface area contributed by atoms with Crippen LogP contribution < -0.4 is 10.5 Å². The van der Waals surface area contributed by atoms with Crippen molar-refractivity contribution < 1.29 is 4.74 Å². The lowest BCUT2D eigenvalue weighted by Gasteiger charge is -2.09. The number of hydrogen-bond acceptors (Lipinski definition) is 2. The van der Waals surface area contributed by atoms with Crippen LogP contribution in [0.3, 0.4) is 0 Å². The van der Waals surface area contributed by atoms with Crippen LogP contribution in [0.15, 0.2) is 23.2 Å². The third-order valence-electron chi connectivity index (χ3n) is 2.26. The Bertz CT molecular complexity index is 384. The Kier molecular flexibility index (Phi) is 4.35. The van der Waals surface area contributed by atoms with Gasteiger partial charge in [0.05, 0.1) is 12.7 Å². The Hall–Kier alpha value is -1.51. The SMILES string of the molecule is COc1cc(C)ccc1C(N)=NCC(C)C. The lowest BCUT2D eigenvalue weighted by Crippen LogP contribution is -2.16. The molecule has 0 aliphatic heterocycles. The second-order valence-corrected chi connectivity index (χ2v) is 4.32. The fraction of sp³-hybridized carbons (Fsp3) is 0.462. The van der Waals surface area contributed by atoms with E-state index >= 15 is 0 Å². The number of benzene rings is 1. The third-order valence-corrected chi connectivity index (χ3v) is 2.26. The van der Waals surface area contributed by atoms with Crippen LogP contribution in [0.25, 0.3) is 0 Å². The van der Waals surface area contributed by atoms with Crippen molar-refractivity contribution in [2.24, 2.45) is 16.6 Å². The van der Waals surface area contributed by atoms with Gasteiger partial charge in [0.15, 0.2) is 0 Å². The van der Waals surface area contributed by atoms with Gasteiger partial charge >= 0.3 is 0 Å². The van der Waals surface area contributed by atoms with E-state index in [0.717, 1.165) is 23.4 Å². The Morgan fingerprint density at radius 3 is 2.69 bits per heavy atom. The molecular formula is C13H20N2O. The summed E-state index contributed by atoms with van der Waals surface area (Å²) >= 11 is 0. The lowest BCUT2D eigenvalue weighted by molar-refractivity contribution is 0.413. The van der Waals surface area contributed by atoms with Crippen LogP contribution in [-0.2, 0) is 0 Å². The number of nitrogens with two attached hydrogens (primary N) is 1. The summed E-state index contributed by atoms with van der Waals surface area (Å²) in [5, 5.41) is 0. The molecule has 0 amide bonds. The molecule has 88 valence electrons. The predicted octanol–water partition coefficient (Wildman–Crippen LogP) is 2.36. The number of nitrogens with zero attached hydrogens (tertiary/aromatic N) is 1. The lowest BCUT2D eigenvalue weighted by atomic mass is 10.1. The van der Waals surface area contributed by atoms with Crippen LogP contribution in [0.1, 0.15) is 25.0 Å². The zero-order valence-corrected chi connectivity index (χ0v) is 10.4. The molecule has 0 radical (unpaired) electrons. The smallest absolute Gasteiger partial charge is 0.130 e. The Morgan fingerprint density at radius 1 is 1.44 bits per heavy atom. The van der Waals surface area contributed by atoms with E-state index in [4.69, 9.17) is 10.5 Å². The highest BCUT2D eigenvalue weighted by Crippen LogP contribution is 2.19. The highest BCUT2D eigenvalue weighted by Gasteiger charge is 2.06. The number of rotatable bonds is 4. The van der Waals surface area contributed by atoms with E-state index in [0.29, 0.717) is 11.8 Å². The molecule has 1 aromatic rings. The quantitative estimate of drug-likeness (QED) is 0.625. The first-order valence-electron chi connectivity index (χ1n) is 5.49. The van der Waals surface area contributed by atoms with Gasteiger partial charge in [-0.15, -0.1) is 0 Å². The van der Waals surface area contributed by atoms with Crippen molar-refractivity contribution in [2.75, 3.05) is 13.7 Å². The minimum absolute atomic E-state index is 0.509. The molecule has 0 aliphatic rings. The summed E-state index contributed by atoms with van der Waals surface area (Å²) in [4.78, 5) is 4.35. The number of methoxy groups -OCH3 is 1. The van der Waals surface area contributed by atoms with Gasteiger partial charge in [-0.2, -0.15) is 0 Å². The molecule has 3 heteroatoms. The minimum Gasteiger partial charge on any atom is -0.496 e. The molecule has 0 heterocycles. The van der Waals surface area contributed by atoms with Crippen LogP contribution in [0, 0.1) is 12.8 Å². The van der Waals surface area contributed by atoms with Crippen molar-refractivity contribution in [3.8, 4) is 5.75 Å². The average molecular weight is 220 g/mol. The Balaban J connectivity index is 2.98. The summed E-state index contributed by atoms with van der Waals surface area (Å²) in [6.07, 6.45) is 0. The van der Waals surface area contributed by atoms with Gasteiger partial charge in [-0.25, -0.2) is 0 Å². The van der Waals surface area contributed by atoms with Crippen molar-refractivity contribution in [1.29, 1.82) is 0 Å². The molecule has 3 nitrogen and oxygen atoms in total. The summed E-state index contributed by atoms with van der Waals surface area (Å²) in [5.74, 6) is 1.84. The summed E-state index contributed by atoms with van der Waals surface area (Å²) in [7, 11) is 1.65. The molecule has 0 saturated heterocycles. The van der Waals surface area contributed by atoms with Gasteiger partial charge < -0.3 is 10.5 Å². The molecule has 2 N–H and O–H groups in total. The summed E-state index contributed by atoms with van der Waals surface area (Å²) in [5.41, 5.74) is 7.96. The highest BCUT2D eigenvalue weighted by molar-refractivity contribution is 6.00. The fourth-order valence-electron chi connectivity index (χ4n) is 1.38. The minimum atomic E-state index is 0.509. The molecule has 1 aromatic carbocycles. The first kappa shape index (κ1) is 12.6. The second kappa shape index (κ2) is 5.54. The zero-order valence-electron chi connectivity index (χ0n) is 10.4. The maximum atomic E-state index is 5.94. The van der Waals surface area contributed by atoms with Crippen molar-refractivity contribution in [3.63, 3.8) is 0 Å². The van der Waals surface area contributed by atoms with Gasteiger partial charge in [0.1, 0.15) is 11.6 Å². The number of amidine groups is 1. The van der Waals surface area contributed by atoms with Gasteiger partial charge in [-0.1, -0.05) is 19.9 Å². The first-order valence-corrected chi connectivity index (χ1v) is 5.49. The maximum absolute atomic E-state index is 5.94. The van der Waals surface area contributed by atoms with E-state index in [1.54, 1.807) is 7.11 Å². The monoisotopic (exact) mass is 220 g/mol. The van der Waals surface area contributed by atoms with Gasteiger partial charge in [0, 0.05) is 6.54 Å². The van der Waals surface area contributed by atoms with Crippen LogP contribution >= 0.6 is 0 Å². The third kappa shape index (κ3) is 3.26. The van der Waals surface area contributed by atoms with Gasteiger partial charge in [0.25, 0.3) is 0 Å². The first-order chi connectivity index (χ1) is 7.54. The van der Waals surface area contributed by atoms with Crippen LogP contribution in [0.2, 0.25) is 0 Å². The summed E-state index contributed by atoms with van der Waals surface area (Å²) < 4.78 is 5.29. The standard InChI is InChI=1S/C13H20N2O/c1-9(2)8-15-13(14)11-6-5-10(3)7-12(11)16-4/h5-7,9H,8H2,1-4H3,(H2,14,15). The van der Waals surface area contributed by atoms with E-state index in [1.165, 1.54) is 0 Å². The van der Waals surface area contributed by atoms with Crippen molar-refractivity contribution in [2.45, 2.75) is 20.8 Å². The Labute approximate surface area is 97.3 Å². The fourth-order valence-corrected chi connectivity index (χ4v) is 1.38. The molecule has 0 saturated carbocycles. The molecular weight excluding hydrogens is 200 g/mol. The van der Waals surface area contributed by atoms with E-state index in [2.05, 4.69) is 18.8 Å². The second-order valence-electron chi connectivity index (χ2n) is 4.32. The summed E-state index contributed by atoms with van der Waals surface area (Å²) in [6, 6.07) is 5.93. The normalized spacial score (nSPS) is 11.9. The molecule has 0 unspecified atom stereocenters. The molecule has 0 spiro atoms. The van der Waals surface area contributed by atoms with Gasteiger partial charge in [0.2, 0.25) is 0 Å². The maximum Gasteiger partial charge on any atom is 0.130 e. The van der Waals surface area contributed by atoms with Crippen molar-refractivity contribution in [1.82, 2.24) is 0 Å². The van der Waals surface area contributed by atoms with Crippen LogP contribution in [0.5, 0.6) is 5.75 Å². The van der Waals surface area contributed by atoms with Gasteiger partial charge in [-0.05, 0) is 30.5 Å². The predicted molar refractivity (Wildman–Crippen MR) is 68.2 cm³/mol. The molecule has 0 fully saturated rings. The van der Waals surface area contributed by atoms with E-state index in [-0.39, 0.29) is 0 Å². The Morgan fingerprint density at radius 2 is 2.12 bits per heavy atom. The highest BCUT2D eigenvalue weighted by atomic mass is 16.5. The topological polar surface area (TPSA) is 47.6 Å². The number of hydrogen-bond donors (Lipinski definition) is 1. The molecule has 1 rings (SSSR count). The van der Waals surface area contributed by atoms with Crippen molar-refractivity contribution in [3.05, 3.63) is 29.3 Å². The molecule has 0 bridgehead atoms. The number of ether oxygens (including phenoxy) is 1. The molecule has 0 aromatic heterocycles. The number of aliphatic imine (C=N–C) groups is 1. The average Bonchev–Trinajstić information content (AvgIpc) is 2.25. The van der Waals surface area contributed by atoms with Crippen LogP contribution in [-0.4, -0.2) is 19.5 Å². The van der Waals surface area contributed by atoms with Crippen molar-refractivity contribution >= 4 is 5.84 Å². The molecule has 0 aliphatic carbocycles. The van der Waals surface area contributed by atoms with Crippen LogP contribution in [0.4, 0.5) is 0 Å². The zero-order chi connectivity index (χ0) is 12.1. The summed E-state index contributed by atoms with van der Waals surface area (Å²) in [6.45, 7) is 6.99. The van der Waals surface area contributed by atoms with Gasteiger partial charge in [-0.3, -0.25) is 4.99 Å². The largest absolute Gasteiger partial charge is 0.496 e. The number of aryl methyl sites for hydroxylation is 1. The van der Waals surface area contributed by atoms with E-state index in [9.17, 15) is 0 Å². The van der Waals surface area contributed by atoms with E-state index < -0.39 is 0 Å². The molecule has 16 heavy (non-hydrogen) atoms.